The van der Waals surface area contributed by atoms with E-state index in [0.717, 1.165) is 39.3 Å². The highest BCUT2D eigenvalue weighted by atomic mass is 16.5. The molecule has 1 amide bonds. The summed E-state index contributed by atoms with van der Waals surface area (Å²) in [6.45, 7) is 12.0. The SMILES string of the molecule is CC(C)N1CCN(CCOCCNC=O)CC1. The van der Waals surface area contributed by atoms with E-state index < -0.39 is 0 Å². The molecule has 0 aromatic carbocycles. The largest absolute Gasteiger partial charge is 0.378 e. The molecular weight excluding hydrogens is 218 g/mol. The van der Waals surface area contributed by atoms with Gasteiger partial charge in [-0.3, -0.25) is 14.6 Å². The maximum Gasteiger partial charge on any atom is 0.207 e. The van der Waals surface area contributed by atoms with Gasteiger partial charge >= 0.3 is 0 Å². The fraction of sp³-hybridized carbons (Fsp3) is 0.917. The molecule has 0 aromatic heterocycles. The summed E-state index contributed by atoms with van der Waals surface area (Å²) >= 11 is 0. The molecule has 1 fully saturated rings. The predicted octanol–water partition coefficient (Wildman–Crippen LogP) is -0.225. The molecule has 5 nitrogen and oxygen atoms in total. The number of nitrogens with one attached hydrogen (secondary N) is 1. The van der Waals surface area contributed by atoms with Crippen molar-refractivity contribution in [2.75, 3.05) is 52.5 Å². The molecule has 0 saturated carbocycles. The van der Waals surface area contributed by atoms with Gasteiger partial charge in [-0.25, -0.2) is 0 Å². The van der Waals surface area contributed by atoms with Crippen molar-refractivity contribution in [2.24, 2.45) is 0 Å². The summed E-state index contributed by atoms with van der Waals surface area (Å²) in [6.07, 6.45) is 0.703. The second-order valence-corrected chi connectivity index (χ2v) is 4.66. The Morgan fingerprint density at radius 3 is 2.53 bits per heavy atom. The van der Waals surface area contributed by atoms with Crippen molar-refractivity contribution in [1.82, 2.24) is 15.1 Å². The van der Waals surface area contributed by atoms with E-state index in [4.69, 9.17) is 4.74 Å². The van der Waals surface area contributed by atoms with Gasteiger partial charge in [0.1, 0.15) is 0 Å². The number of piperazine rings is 1. The molecule has 1 rings (SSSR count). The molecule has 0 radical (unpaired) electrons. The van der Waals surface area contributed by atoms with Gasteiger partial charge in [0.05, 0.1) is 13.2 Å². The first-order chi connectivity index (χ1) is 8.24. The molecule has 0 bridgehead atoms. The van der Waals surface area contributed by atoms with Crippen LogP contribution in [0.5, 0.6) is 0 Å². The van der Waals surface area contributed by atoms with Gasteiger partial charge in [-0.05, 0) is 13.8 Å². The maximum atomic E-state index is 9.99. The van der Waals surface area contributed by atoms with Crippen LogP contribution in [0.4, 0.5) is 0 Å². The smallest absolute Gasteiger partial charge is 0.207 e. The molecule has 0 unspecified atom stereocenters. The summed E-state index contributed by atoms with van der Waals surface area (Å²) in [4.78, 5) is 14.9. The third-order valence-corrected chi connectivity index (χ3v) is 3.16. The number of hydrogen-bond donors (Lipinski definition) is 1. The van der Waals surface area contributed by atoms with Crippen molar-refractivity contribution in [1.29, 1.82) is 0 Å². The van der Waals surface area contributed by atoms with Gasteiger partial charge in [0.2, 0.25) is 6.41 Å². The van der Waals surface area contributed by atoms with Crippen molar-refractivity contribution in [3.8, 4) is 0 Å². The van der Waals surface area contributed by atoms with Gasteiger partial charge in [0, 0.05) is 45.3 Å². The van der Waals surface area contributed by atoms with E-state index >= 15 is 0 Å². The molecule has 17 heavy (non-hydrogen) atoms. The first kappa shape index (κ1) is 14.4. The topological polar surface area (TPSA) is 44.8 Å². The highest BCUT2D eigenvalue weighted by molar-refractivity contribution is 5.45. The lowest BCUT2D eigenvalue weighted by Gasteiger charge is -2.36. The molecule has 1 heterocycles. The zero-order valence-electron chi connectivity index (χ0n) is 11.0. The zero-order chi connectivity index (χ0) is 12.5. The van der Waals surface area contributed by atoms with Crippen LogP contribution in [0.15, 0.2) is 0 Å². The van der Waals surface area contributed by atoms with E-state index in [1.807, 2.05) is 0 Å². The first-order valence-corrected chi connectivity index (χ1v) is 6.45. The summed E-state index contributed by atoms with van der Waals surface area (Å²) in [7, 11) is 0. The second-order valence-electron chi connectivity index (χ2n) is 4.66. The van der Waals surface area contributed by atoms with Gasteiger partial charge in [-0.1, -0.05) is 0 Å². The summed E-state index contributed by atoms with van der Waals surface area (Å²) in [5, 5.41) is 2.58. The lowest BCUT2D eigenvalue weighted by molar-refractivity contribution is -0.109. The number of nitrogens with zero attached hydrogens (tertiary/aromatic N) is 2. The molecule has 0 aliphatic carbocycles. The minimum atomic E-state index is 0.602. The van der Waals surface area contributed by atoms with Crippen molar-refractivity contribution in [3.63, 3.8) is 0 Å². The Bertz CT molecular complexity index is 204. The molecular formula is C12H25N3O2. The Hall–Kier alpha value is -0.650. The highest BCUT2D eigenvalue weighted by Gasteiger charge is 2.17. The molecule has 100 valence electrons. The maximum absolute atomic E-state index is 9.99. The Morgan fingerprint density at radius 1 is 1.24 bits per heavy atom. The molecule has 0 spiro atoms. The van der Waals surface area contributed by atoms with Crippen molar-refractivity contribution < 1.29 is 9.53 Å². The standard InChI is InChI=1S/C12H25N3O2/c1-12(2)15-6-4-14(5-7-15)8-10-17-9-3-13-11-16/h11-12H,3-10H2,1-2H3,(H,13,16). The van der Waals surface area contributed by atoms with E-state index in [0.29, 0.717) is 25.6 Å². The van der Waals surface area contributed by atoms with Gasteiger partial charge in [-0.2, -0.15) is 0 Å². The molecule has 1 saturated heterocycles. The van der Waals surface area contributed by atoms with Gasteiger partial charge in [0.15, 0.2) is 0 Å². The Labute approximate surface area is 104 Å². The Balaban J connectivity index is 1.97. The fourth-order valence-electron chi connectivity index (χ4n) is 1.99. The van der Waals surface area contributed by atoms with Crippen LogP contribution in [0.25, 0.3) is 0 Å². The average Bonchev–Trinajstić information content (AvgIpc) is 2.34. The molecule has 0 aromatic rings. The number of hydrogen-bond acceptors (Lipinski definition) is 4. The number of ether oxygens (including phenoxy) is 1. The zero-order valence-corrected chi connectivity index (χ0v) is 11.0. The predicted molar refractivity (Wildman–Crippen MR) is 68.0 cm³/mol. The van der Waals surface area contributed by atoms with Crippen LogP contribution in [0.1, 0.15) is 13.8 Å². The van der Waals surface area contributed by atoms with E-state index in [1.54, 1.807) is 0 Å². The lowest BCUT2D eigenvalue weighted by Crippen LogP contribution is -2.49. The van der Waals surface area contributed by atoms with Crippen LogP contribution in [-0.2, 0) is 9.53 Å². The van der Waals surface area contributed by atoms with Crippen LogP contribution in [0.3, 0.4) is 0 Å². The van der Waals surface area contributed by atoms with Crippen LogP contribution in [0, 0.1) is 0 Å². The van der Waals surface area contributed by atoms with Crippen molar-refractivity contribution in [3.05, 3.63) is 0 Å². The van der Waals surface area contributed by atoms with E-state index in [9.17, 15) is 4.79 Å². The summed E-state index contributed by atoms with van der Waals surface area (Å²) in [5.74, 6) is 0. The summed E-state index contributed by atoms with van der Waals surface area (Å²) in [6, 6.07) is 0.655. The molecule has 0 atom stereocenters. The Kier molecular flexibility index (Phi) is 7.16. The molecule has 1 aliphatic rings. The minimum Gasteiger partial charge on any atom is -0.378 e. The molecule has 5 heteroatoms. The lowest BCUT2D eigenvalue weighted by atomic mass is 10.2. The third kappa shape index (κ3) is 6.00. The Morgan fingerprint density at radius 2 is 1.94 bits per heavy atom. The first-order valence-electron chi connectivity index (χ1n) is 6.45. The van der Waals surface area contributed by atoms with E-state index in [-0.39, 0.29) is 0 Å². The number of amides is 1. The monoisotopic (exact) mass is 243 g/mol. The van der Waals surface area contributed by atoms with Crippen LogP contribution >= 0.6 is 0 Å². The van der Waals surface area contributed by atoms with Gasteiger partial charge in [-0.15, -0.1) is 0 Å². The van der Waals surface area contributed by atoms with Crippen molar-refractivity contribution >= 4 is 6.41 Å². The average molecular weight is 243 g/mol. The fourth-order valence-corrected chi connectivity index (χ4v) is 1.99. The van der Waals surface area contributed by atoms with Crippen molar-refractivity contribution in [2.45, 2.75) is 19.9 Å². The van der Waals surface area contributed by atoms with Gasteiger partial charge in [0.25, 0.3) is 0 Å². The highest BCUT2D eigenvalue weighted by Crippen LogP contribution is 2.05. The van der Waals surface area contributed by atoms with Crippen LogP contribution in [0.2, 0.25) is 0 Å². The quantitative estimate of drug-likeness (QED) is 0.473. The molecule has 1 N–H and O–H groups in total. The third-order valence-electron chi connectivity index (χ3n) is 3.16. The number of rotatable bonds is 8. The number of carbonyl (C=O) groups is 1. The summed E-state index contributed by atoms with van der Waals surface area (Å²) in [5.41, 5.74) is 0. The number of carbonyl (C=O) groups excluding carboxylic acids is 1. The van der Waals surface area contributed by atoms with E-state index in [1.165, 1.54) is 0 Å². The normalized spacial score (nSPS) is 18.5. The summed E-state index contributed by atoms with van der Waals surface area (Å²) < 4.78 is 5.44. The second kappa shape index (κ2) is 8.44. The van der Waals surface area contributed by atoms with Gasteiger partial charge < -0.3 is 10.1 Å². The van der Waals surface area contributed by atoms with Crippen LogP contribution in [-0.4, -0.2) is 74.7 Å². The van der Waals surface area contributed by atoms with Crippen LogP contribution < -0.4 is 5.32 Å². The van der Waals surface area contributed by atoms with E-state index in [2.05, 4.69) is 29.0 Å². The molecule has 1 aliphatic heterocycles. The minimum absolute atomic E-state index is 0.602.